The lowest BCUT2D eigenvalue weighted by molar-refractivity contribution is 0.0697. The summed E-state index contributed by atoms with van der Waals surface area (Å²) >= 11 is 5.86. The molecule has 2 aromatic carbocycles. The molecule has 0 unspecified atom stereocenters. The number of benzene rings is 2. The Morgan fingerprint density at radius 3 is 2.58 bits per heavy atom. The largest absolute Gasteiger partial charge is 0.478 e. The highest BCUT2D eigenvalue weighted by atomic mass is 35.5. The normalized spacial score (nSPS) is 10.8. The number of imidazole rings is 1. The van der Waals surface area contributed by atoms with Gasteiger partial charge in [0.2, 0.25) is 0 Å². The molecule has 5 heteroatoms. The van der Waals surface area contributed by atoms with Crippen molar-refractivity contribution < 1.29 is 9.90 Å². The minimum Gasteiger partial charge on any atom is -0.478 e. The van der Waals surface area contributed by atoms with Crippen molar-refractivity contribution >= 4 is 28.6 Å². The van der Waals surface area contributed by atoms with Gasteiger partial charge in [-0.1, -0.05) is 11.6 Å². The fourth-order valence-electron chi connectivity index (χ4n) is 1.95. The molecule has 0 aliphatic carbocycles. The van der Waals surface area contributed by atoms with Crippen LogP contribution in [0.15, 0.2) is 48.8 Å². The Hall–Kier alpha value is -2.33. The molecule has 1 aromatic heterocycles. The number of aromatic carboxylic acids is 1. The van der Waals surface area contributed by atoms with Gasteiger partial charge in [-0.05, 0) is 42.5 Å². The number of hydrogen-bond acceptors (Lipinski definition) is 2. The van der Waals surface area contributed by atoms with Gasteiger partial charge in [-0.2, -0.15) is 0 Å². The van der Waals surface area contributed by atoms with E-state index in [9.17, 15) is 4.79 Å². The van der Waals surface area contributed by atoms with E-state index in [2.05, 4.69) is 4.98 Å². The van der Waals surface area contributed by atoms with Crippen molar-refractivity contribution in [1.29, 1.82) is 0 Å². The third kappa shape index (κ3) is 2.06. The quantitative estimate of drug-likeness (QED) is 0.778. The van der Waals surface area contributed by atoms with Gasteiger partial charge in [0.05, 0.1) is 16.6 Å². The van der Waals surface area contributed by atoms with E-state index in [1.165, 1.54) is 0 Å². The van der Waals surface area contributed by atoms with Gasteiger partial charge in [-0.25, -0.2) is 9.78 Å². The molecular weight excluding hydrogens is 264 g/mol. The molecule has 0 aliphatic heterocycles. The number of carboxylic acid groups (broad SMARTS) is 1. The Labute approximate surface area is 113 Å². The highest BCUT2D eigenvalue weighted by Gasteiger charge is 2.08. The summed E-state index contributed by atoms with van der Waals surface area (Å²) in [6.07, 6.45) is 1.67. The van der Waals surface area contributed by atoms with Crippen LogP contribution in [-0.4, -0.2) is 20.6 Å². The lowest BCUT2D eigenvalue weighted by Gasteiger charge is -2.04. The zero-order valence-electron chi connectivity index (χ0n) is 9.75. The third-order valence-electron chi connectivity index (χ3n) is 2.90. The molecule has 0 fully saturated rings. The zero-order chi connectivity index (χ0) is 13.4. The van der Waals surface area contributed by atoms with Crippen LogP contribution in [0.4, 0.5) is 0 Å². The third-order valence-corrected chi connectivity index (χ3v) is 3.15. The average Bonchev–Trinajstić information content (AvgIpc) is 2.82. The maximum Gasteiger partial charge on any atom is 0.335 e. The predicted molar refractivity (Wildman–Crippen MR) is 73.0 cm³/mol. The number of rotatable bonds is 2. The molecule has 0 atom stereocenters. The summed E-state index contributed by atoms with van der Waals surface area (Å²) in [6, 6.07) is 12.2. The molecule has 0 spiro atoms. The second-order valence-electron chi connectivity index (χ2n) is 4.10. The van der Waals surface area contributed by atoms with Gasteiger partial charge in [-0.3, -0.25) is 4.57 Å². The van der Waals surface area contributed by atoms with Crippen molar-refractivity contribution in [3.8, 4) is 5.69 Å². The van der Waals surface area contributed by atoms with Gasteiger partial charge in [0.25, 0.3) is 0 Å². The molecule has 0 bridgehead atoms. The molecule has 3 aromatic rings. The Balaban J connectivity index is 2.15. The van der Waals surface area contributed by atoms with Crippen molar-refractivity contribution in [2.45, 2.75) is 0 Å². The maximum absolute atomic E-state index is 10.9. The van der Waals surface area contributed by atoms with Crippen LogP contribution in [0.3, 0.4) is 0 Å². The van der Waals surface area contributed by atoms with E-state index in [1.54, 1.807) is 36.7 Å². The van der Waals surface area contributed by atoms with E-state index >= 15 is 0 Å². The summed E-state index contributed by atoms with van der Waals surface area (Å²) in [5, 5.41) is 9.62. The van der Waals surface area contributed by atoms with Crippen LogP contribution in [-0.2, 0) is 0 Å². The number of hydrogen-bond donors (Lipinski definition) is 1. The van der Waals surface area contributed by atoms with E-state index in [-0.39, 0.29) is 5.56 Å². The number of aromatic nitrogens is 2. The first-order valence-corrected chi connectivity index (χ1v) is 5.99. The zero-order valence-corrected chi connectivity index (χ0v) is 10.5. The first kappa shape index (κ1) is 11.7. The molecule has 19 heavy (non-hydrogen) atoms. The second kappa shape index (κ2) is 4.40. The van der Waals surface area contributed by atoms with Crippen LogP contribution in [0, 0.1) is 0 Å². The topological polar surface area (TPSA) is 55.1 Å². The highest BCUT2D eigenvalue weighted by Crippen LogP contribution is 2.20. The average molecular weight is 273 g/mol. The number of nitrogens with zero attached hydrogens (tertiary/aromatic N) is 2. The van der Waals surface area contributed by atoms with Crippen LogP contribution in [0.1, 0.15) is 10.4 Å². The van der Waals surface area contributed by atoms with Crippen LogP contribution in [0.2, 0.25) is 5.02 Å². The summed E-state index contributed by atoms with van der Waals surface area (Å²) in [4.78, 5) is 15.1. The maximum atomic E-state index is 10.9. The van der Waals surface area contributed by atoms with Crippen molar-refractivity contribution in [3.63, 3.8) is 0 Å². The summed E-state index contributed by atoms with van der Waals surface area (Å²) in [5.41, 5.74) is 2.66. The second-order valence-corrected chi connectivity index (χ2v) is 4.54. The Bertz CT molecular complexity index is 763. The van der Waals surface area contributed by atoms with E-state index in [0.29, 0.717) is 10.5 Å². The van der Waals surface area contributed by atoms with E-state index in [0.717, 1.165) is 11.2 Å². The van der Waals surface area contributed by atoms with Crippen LogP contribution in [0.25, 0.3) is 16.7 Å². The Morgan fingerprint density at radius 2 is 1.89 bits per heavy atom. The fourth-order valence-corrected chi connectivity index (χ4v) is 2.08. The van der Waals surface area contributed by atoms with E-state index in [4.69, 9.17) is 16.7 Å². The Morgan fingerprint density at radius 1 is 1.16 bits per heavy atom. The van der Waals surface area contributed by atoms with Crippen molar-refractivity contribution in [3.05, 3.63) is 59.4 Å². The molecule has 0 saturated heterocycles. The van der Waals surface area contributed by atoms with Crippen LogP contribution in [0.5, 0.6) is 0 Å². The van der Waals surface area contributed by atoms with E-state index < -0.39 is 5.97 Å². The molecular formula is C14H9ClN2O2. The van der Waals surface area contributed by atoms with Gasteiger partial charge >= 0.3 is 5.97 Å². The van der Waals surface area contributed by atoms with Gasteiger partial charge in [0, 0.05) is 10.7 Å². The number of carboxylic acids is 1. The summed E-state index contributed by atoms with van der Waals surface area (Å²) in [7, 11) is 0. The Kier molecular flexibility index (Phi) is 2.72. The van der Waals surface area contributed by atoms with Gasteiger partial charge in [0.15, 0.2) is 0 Å². The molecule has 3 rings (SSSR count). The predicted octanol–water partition coefficient (Wildman–Crippen LogP) is 3.38. The van der Waals surface area contributed by atoms with Crippen molar-refractivity contribution in [2.75, 3.05) is 0 Å². The fraction of sp³-hybridized carbons (Fsp3) is 0. The van der Waals surface area contributed by atoms with Crippen LogP contribution < -0.4 is 0 Å². The number of halogens is 1. The molecule has 0 radical (unpaired) electrons. The molecule has 0 amide bonds. The SMILES string of the molecule is O=C(O)c1ccc2c(c1)ncn2-c1ccc(Cl)cc1. The lowest BCUT2D eigenvalue weighted by atomic mass is 10.2. The smallest absolute Gasteiger partial charge is 0.335 e. The summed E-state index contributed by atoms with van der Waals surface area (Å²) in [6.45, 7) is 0. The molecule has 0 aliphatic rings. The highest BCUT2D eigenvalue weighted by molar-refractivity contribution is 6.30. The molecule has 4 nitrogen and oxygen atoms in total. The minimum absolute atomic E-state index is 0.230. The molecule has 1 heterocycles. The molecule has 94 valence electrons. The van der Waals surface area contributed by atoms with Gasteiger partial charge < -0.3 is 5.11 Å². The summed E-state index contributed by atoms with van der Waals surface area (Å²) in [5.74, 6) is -0.956. The first-order chi connectivity index (χ1) is 9.15. The van der Waals surface area contributed by atoms with Crippen LogP contribution >= 0.6 is 11.6 Å². The van der Waals surface area contributed by atoms with Gasteiger partial charge in [-0.15, -0.1) is 0 Å². The number of fused-ring (bicyclic) bond motifs is 1. The monoisotopic (exact) mass is 272 g/mol. The van der Waals surface area contributed by atoms with E-state index in [1.807, 2.05) is 16.7 Å². The van der Waals surface area contributed by atoms with Gasteiger partial charge in [0.1, 0.15) is 6.33 Å². The lowest BCUT2D eigenvalue weighted by Crippen LogP contribution is -1.96. The standard InChI is InChI=1S/C14H9ClN2O2/c15-10-2-4-11(5-3-10)17-8-16-12-7-9(14(18)19)1-6-13(12)17/h1-8H,(H,18,19). The minimum atomic E-state index is -0.956. The molecule has 0 saturated carbocycles. The van der Waals surface area contributed by atoms with Crippen molar-refractivity contribution in [1.82, 2.24) is 9.55 Å². The first-order valence-electron chi connectivity index (χ1n) is 5.61. The van der Waals surface area contributed by atoms with Crippen molar-refractivity contribution in [2.24, 2.45) is 0 Å². The number of carbonyl (C=O) groups is 1. The molecule has 1 N–H and O–H groups in total. The summed E-state index contributed by atoms with van der Waals surface area (Å²) < 4.78 is 1.89.